The standard InChI is InChI=1S/C33H33ClFN3O5/c1-40-33(39)21-5-8-27-28(15-21)38(17-23-11-14-41-23)31(36-27)18-37-12-9-20(10-13-37)24-3-2-4-29-32(24)43-30(19-42-29)25-7-6-22(34)16-26(25)35/h2-8,15-16,20,23,30H,9-14,17-19H2,1H3/t23-,30-/m0/s1. The summed E-state index contributed by atoms with van der Waals surface area (Å²) >= 11 is 5.97. The number of carbonyl (C=O) groups is 1. The van der Waals surface area contributed by atoms with Crippen molar-refractivity contribution in [3.8, 4) is 11.5 Å². The summed E-state index contributed by atoms with van der Waals surface area (Å²) in [7, 11) is 1.39. The third-order valence-electron chi connectivity index (χ3n) is 8.79. The van der Waals surface area contributed by atoms with Crippen LogP contribution in [0.1, 0.15) is 58.6 Å². The Morgan fingerprint density at radius 2 is 1.93 bits per heavy atom. The van der Waals surface area contributed by atoms with E-state index in [2.05, 4.69) is 15.5 Å². The summed E-state index contributed by atoms with van der Waals surface area (Å²) < 4.78 is 40.0. The van der Waals surface area contributed by atoms with Crippen molar-refractivity contribution >= 4 is 28.6 Å². The Morgan fingerprint density at radius 3 is 2.67 bits per heavy atom. The Hall–Kier alpha value is -3.66. The number of aromatic nitrogens is 2. The lowest BCUT2D eigenvalue weighted by molar-refractivity contribution is -0.0592. The predicted molar refractivity (Wildman–Crippen MR) is 159 cm³/mol. The molecule has 2 saturated heterocycles. The summed E-state index contributed by atoms with van der Waals surface area (Å²) in [5, 5.41) is 0.351. The second kappa shape index (κ2) is 11.8. The fourth-order valence-electron chi connectivity index (χ4n) is 6.33. The maximum atomic E-state index is 14.7. The van der Waals surface area contributed by atoms with Crippen molar-refractivity contribution in [2.75, 3.05) is 33.4 Å². The van der Waals surface area contributed by atoms with Crippen LogP contribution >= 0.6 is 11.6 Å². The molecule has 4 aromatic rings. The molecule has 0 saturated carbocycles. The van der Waals surface area contributed by atoms with Gasteiger partial charge < -0.3 is 23.5 Å². The second-order valence-electron chi connectivity index (χ2n) is 11.4. The van der Waals surface area contributed by atoms with E-state index in [-0.39, 0.29) is 24.6 Å². The highest BCUT2D eigenvalue weighted by Gasteiger charge is 2.31. The fourth-order valence-corrected chi connectivity index (χ4v) is 6.49. The molecule has 224 valence electrons. The molecule has 0 unspecified atom stereocenters. The molecule has 7 rings (SSSR count). The SMILES string of the molecule is COC(=O)c1ccc2nc(CN3CCC(c4cccc5c4O[C@H](c4ccc(Cl)cc4F)CO5)CC3)n(C[C@@H]3CCO3)c2c1. The lowest BCUT2D eigenvalue weighted by atomic mass is 9.88. The summed E-state index contributed by atoms with van der Waals surface area (Å²) in [6.07, 6.45) is 2.51. The first-order chi connectivity index (χ1) is 21.0. The van der Waals surface area contributed by atoms with Crippen LogP contribution in [-0.4, -0.2) is 59.9 Å². The Labute approximate surface area is 254 Å². The molecule has 0 aliphatic carbocycles. The van der Waals surface area contributed by atoms with Crippen molar-refractivity contribution in [1.82, 2.24) is 14.5 Å². The molecule has 3 aliphatic rings. The van der Waals surface area contributed by atoms with Gasteiger partial charge in [-0.1, -0.05) is 29.8 Å². The minimum absolute atomic E-state index is 0.153. The molecule has 2 atom stereocenters. The van der Waals surface area contributed by atoms with Gasteiger partial charge in [-0.2, -0.15) is 0 Å². The van der Waals surface area contributed by atoms with E-state index in [0.717, 1.165) is 61.4 Å². The molecule has 1 aromatic heterocycles. The van der Waals surface area contributed by atoms with Crippen LogP contribution in [0.5, 0.6) is 11.5 Å². The maximum absolute atomic E-state index is 14.7. The zero-order valence-electron chi connectivity index (χ0n) is 23.9. The van der Waals surface area contributed by atoms with E-state index in [9.17, 15) is 9.18 Å². The fraction of sp³-hybridized carbons (Fsp3) is 0.394. The van der Waals surface area contributed by atoms with Crippen molar-refractivity contribution in [2.24, 2.45) is 0 Å². The smallest absolute Gasteiger partial charge is 0.337 e. The molecule has 2 fully saturated rings. The predicted octanol–water partition coefficient (Wildman–Crippen LogP) is 6.30. The number of methoxy groups -OCH3 is 1. The number of benzene rings is 3. The average Bonchev–Trinajstić information content (AvgIpc) is 3.34. The van der Waals surface area contributed by atoms with Crippen LogP contribution in [0.2, 0.25) is 5.02 Å². The van der Waals surface area contributed by atoms with Gasteiger partial charge in [0.15, 0.2) is 17.6 Å². The third-order valence-corrected chi connectivity index (χ3v) is 9.02. The lowest BCUT2D eigenvalue weighted by Gasteiger charge is -2.35. The highest BCUT2D eigenvalue weighted by atomic mass is 35.5. The number of halogens is 2. The van der Waals surface area contributed by atoms with Crippen LogP contribution in [0, 0.1) is 5.82 Å². The number of piperidine rings is 1. The molecule has 3 aliphatic heterocycles. The molecule has 0 spiro atoms. The molecule has 10 heteroatoms. The first kappa shape index (κ1) is 28.1. The summed E-state index contributed by atoms with van der Waals surface area (Å²) in [6.45, 7) is 4.20. The zero-order valence-corrected chi connectivity index (χ0v) is 24.7. The van der Waals surface area contributed by atoms with Gasteiger partial charge in [0.05, 0.1) is 42.9 Å². The quantitative estimate of drug-likeness (QED) is 0.229. The number of hydrogen-bond acceptors (Lipinski definition) is 7. The van der Waals surface area contributed by atoms with Gasteiger partial charge in [-0.3, -0.25) is 4.90 Å². The Bertz CT molecular complexity index is 1660. The normalized spacial score (nSPS) is 20.6. The number of imidazole rings is 1. The van der Waals surface area contributed by atoms with Gasteiger partial charge in [-0.15, -0.1) is 0 Å². The van der Waals surface area contributed by atoms with E-state index in [4.69, 9.17) is 35.5 Å². The third kappa shape index (κ3) is 5.57. The Balaban J connectivity index is 1.07. The minimum Gasteiger partial charge on any atom is -0.485 e. The van der Waals surface area contributed by atoms with Crippen molar-refractivity contribution in [3.05, 3.63) is 88.0 Å². The molecule has 3 aromatic carbocycles. The van der Waals surface area contributed by atoms with Crippen LogP contribution in [0.3, 0.4) is 0 Å². The molecule has 0 bridgehead atoms. The molecular weight excluding hydrogens is 573 g/mol. The summed E-state index contributed by atoms with van der Waals surface area (Å²) in [6, 6.07) is 16.2. The Morgan fingerprint density at radius 1 is 1.09 bits per heavy atom. The number of esters is 1. The van der Waals surface area contributed by atoms with Crippen LogP contribution in [0.4, 0.5) is 4.39 Å². The first-order valence-electron chi connectivity index (χ1n) is 14.8. The molecular formula is C33H33ClFN3O5. The van der Waals surface area contributed by atoms with Crippen molar-refractivity contribution in [2.45, 2.75) is 50.5 Å². The zero-order chi connectivity index (χ0) is 29.5. The highest BCUT2D eigenvalue weighted by Crippen LogP contribution is 2.45. The Kier molecular flexibility index (Phi) is 7.71. The van der Waals surface area contributed by atoms with E-state index < -0.39 is 11.9 Å². The molecule has 43 heavy (non-hydrogen) atoms. The number of hydrogen-bond donors (Lipinski definition) is 0. The molecule has 0 N–H and O–H groups in total. The highest BCUT2D eigenvalue weighted by molar-refractivity contribution is 6.30. The number of likely N-dealkylation sites (tertiary alicyclic amines) is 1. The van der Waals surface area contributed by atoms with Crippen molar-refractivity contribution in [1.29, 1.82) is 0 Å². The number of ether oxygens (including phenoxy) is 4. The first-order valence-corrected chi connectivity index (χ1v) is 15.1. The maximum Gasteiger partial charge on any atom is 0.337 e. The molecule has 0 amide bonds. The van der Waals surface area contributed by atoms with E-state index in [0.29, 0.717) is 40.7 Å². The van der Waals surface area contributed by atoms with Gasteiger partial charge in [0.25, 0.3) is 0 Å². The van der Waals surface area contributed by atoms with Gasteiger partial charge in [0.2, 0.25) is 0 Å². The van der Waals surface area contributed by atoms with Gasteiger partial charge in [0, 0.05) is 22.8 Å². The summed E-state index contributed by atoms with van der Waals surface area (Å²) in [5.74, 6) is 1.90. The lowest BCUT2D eigenvalue weighted by Crippen LogP contribution is -2.35. The molecule has 0 radical (unpaired) electrons. The van der Waals surface area contributed by atoms with Crippen molar-refractivity contribution in [3.63, 3.8) is 0 Å². The average molecular weight is 606 g/mol. The molecule has 4 heterocycles. The number of nitrogens with zero attached hydrogens (tertiary/aromatic N) is 3. The van der Waals surface area contributed by atoms with E-state index in [1.165, 1.54) is 13.2 Å². The van der Waals surface area contributed by atoms with Gasteiger partial charge in [-0.05, 0) is 74.7 Å². The van der Waals surface area contributed by atoms with E-state index in [1.54, 1.807) is 18.2 Å². The van der Waals surface area contributed by atoms with Gasteiger partial charge in [-0.25, -0.2) is 14.2 Å². The van der Waals surface area contributed by atoms with Crippen molar-refractivity contribution < 1.29 is 28.1 Å². The van der Waals surface area contributed by atoms with E-state index >= 15 is 0 Å². The van der Waals surface area contributed by atoms with Crippen LogP contribution in [0.25, 0.3) is 11.0 Å². The number of fused-ring (bicyclic) bond motifs is 2. The van der Waals surface area contributed by atoms with E-state index in [1.807, 2.05) is 24.3 Å². The number of rotatable bonds is 7. The van der Waals surface area contributed by atoms with Gasteiger partial charge >= 0.3 is 5.97 Å². The monoisotopic (exact) mass is 605 g/mol. The molecule has 8 nitrogen and oxygen atoms in total. The largest absolute Gasteiger partial charge is 0.485 e. The van der Waals surface area contributed by atoms with Crippen LogP contribution < -0.4 is 9.47 Å². The van der Waals surface area contributed by atoms with Crippen LogP contribution in [0.15, 0.2) is 54.6 Å². The van der Waals surface area contributed by atoms with Crippen LogP contribution in [-0.2, 0) is 22.6 Å². The number of para-hydroxylation sites is 1. The summed E-state index contributed by atoms with van der Waals surface area (Å²) in [4.78, 5) is 19.6. The minimum atomic E-state index is -0.543. The second-order valence-corrected chi connectivity index (χ2v) is 11.9. The van der Waals surface area contributed by atoms with Gasteiger partial charge in [0.1, 0.15) is 18.2 Å². The topological polar surface area (TPSA) is 75.0 Å². The number of carbonyl (C=O) groups excluding carboxylic acids is 1. The summed E-state index contributed by atoms with van der Waals surface area (Å²) in [5.41, 5.74) is 3.82.